The zero-order valence-electron chi connectivity index (χ0n) is 15.2. The van der Waals surface area contributed by atoms with Crippen LogP contribution < -0.4 is 0 Å². The van der Waals surface area contributed by atoms with Crippen LogP contribution in [0.15, 0.2) is 48.5 Å². The highest BCUT2D eigenvalue weighted by Crippen LogP contribution is 2.49. The van der Waals surface area contributed by atoms with Crippen molar-refractivity contribution in [3.8, 4) is 0 Å². The molecule has 0 aromatic heterocycles. The van der Waals surface area contributed by atoms with Gasteiger partial charge in [-0.15, -0.1) is 0 Å². The minimum absolute atomic E-state index is 0.0473. The third-order valence-corrected chi connectivity index (χ3v) is 6.09. The molecule has 1 aliphatic heterocycles. The van der Waals surface area contributed by atoms with Gasteiger partial charge in [0.05, 0.1) is 11.0 Å². The quantitative estimate of drug-likeness (QED) is 0.824. The van der Waals surface area contributed by atoms with Crippen LogP contribution >= 0.6 is 0 Å². The van der Waals surface area contributed by atoms with E-state index >= 15 is 0 Å². The van der Waals surface area contributed by atoms with Crippen LogP contribution in [0.2, 0.25) is 0 Å². The molecule has 0 bridgehead atoms. The smallest absolute Gasteiger partial charge is 0.311 e. The summed E-state index contributed by atoms with van der Waals surface area (Å²) >= 11 is 0. The fraction of sp³-hybridized carbons (Fsp3) is 0.318. The molecule has 0 radical (unpaired) electrons. The zero-order valence-corrected chi connectivity index (χ0v) is 15.2. The van der Waals surface area contributed by atoms with Gasteiger partial charge in [0.2, 0.25) is 0 Å². The Morgan fingerprint density at radius 2 is 1.71 bits per heavy atom. The van der Waals surface area contributed by atoms with Gasteiger partial charge in [-0.1, -0.05) is 24.6 Å². The topological polar surface area (TPSA) is 74.7 Å². The van der Waals surface area contributed by atoms with Crippen LogP contribution in [0.3, 0.4) is 0 Å². The number of likely N-dealkylation sites (tertiary alicyclic amines) is 1. The van der Waals surface area contributed by atoms with E-state index < -0.39 is 17.2 Å². The van der Waals surface area contributed by atoms with Crippen LogP contribution in [0.1, 0.15) is 45.5 Å². The molecule has 1 amide bonds. The van der Waals surface area contributed by atoms with Crippen LogP contribution in [0.4, 0.5) is 4.39 Å². The second kappa shape index (κ2) is 6.86. The number of rotatable bonds is 4. The molecule has 1 N–H and O–H groups in total. The Morgan fingerprint density at radius 1 is 1.04 bits per heavy atom. The maximum Gasteiger partial charge on any atom is 0.311 e. The lowest BCUT2D eigenvalue weighted by Crippen LogP contribution is -2.37. The molecular weight excluding hydrogens is 361 g/mol. The summed E-state index contributed by atoms with van der Waals surface area (Å²) in [6, 6.07) is 11.7. The van der Waals surface area contributed by atoms with E-state index in [1.807, 2.05) is 0 Å². The highest BCUT2D eigenvalue weighted by molar-refractivity contribution is 6.15. The second-order valence-corrected chi connectivity index (χ2v) is 7.62. The number of ketones is 1. The van der Waals surface area contributed by atoms with Crippen molar-refractivity contribution in [1.29, 1.82) is 0 Å². The van der Waals surface area contributed by atoms with E-state index in [2.05, 4.69) is 0 Å². The Bertz CT molecular complexity index is 955. The van der Waals surface area contributed by atoms with Gasteiger partial charge in [0.25, 0.3) is 5.91 Å². The Labute approximate surface area is 161 Å². The number of nitrogens with zero attached hydrogens (tertiary/aromatic N) is 1. The molecule has 1 heterocycles. The van der Waals surface area contributed by atoms with Gasteiger partial charge in [0.15, 0.2) is 5.78 Å². The average Bonchev–Trinajstić information content (AvgIpc) is 3.26. The number of amides is 1. The second-order valence-electron chi connectivity index (χ2n) is 7.62. The number of benzene rings is 2. The van der Waals surface area contributed by atoms with Gasteiger partial charge in [-0.3, -0.25) is 14.4 Å². The first-order valence-electron chi connectivity index (χ1n) is 9.34. The molecule has 1 aliphatic carbocycles. The van der Waals surface area contributed by atoms with E-state index in [0.29, 0.717) is 18.5 Å². The Hall–Kier alpha value is -3.02. The van der Waals surface area contributed by atoms with E-state index in [1.54, 1.807) is 29.2 Å². The van der Waals surface area contributed by atoms with Gasteiger partial charge in [0, 0.05) is 24.2 Å². The molecule has 28 heavy (non-hydrogen) atoms. The minimum atomic E-state index is -0.869. The van der Waals surface area contributed by atoms with Gasteiger partial charge in [-0.2, -0.15) is 0 Å². The lowest BCUT2D eigenvalue weighted by Gasteiger charge is -2.23. The van der Waals surface area contributed by atoms with Crippen LogP contribution in [0.5, 0.6) is 0 Å². The molecule has 0 spiro atoms. The molecular formula is C22H20FNO4. The first kappa shape index (κ1) is 18.3. The number of hydrogen-bond donors (Lipinski definition) is 1. The summed E-state index contributed by atoms with van der Waals surface area (Å²) in [6.45, 7) is 0.565. The molecule has 1 saturated carbocycles. The summed E-state index contributed by atoms with van der Waals surface area (Å²) in [6.07, 6.45) is 2.23. The lowest BCUT2D eigenvalue weighted by atomic mass is 9.81. The molecule has 4 rings (SSSR count). The van der Waals surface area contributed by atoms with Gasteiger partial charge in [-0.05, 0) is 49.1 Å². The van der Waals surface area contributed by atoms with E-state index in [4.69, 9.17) is 0 Å². The monoisotopic (exact) mass is 381 g/mol. The predicted molar refractivity (Wildman–Crippen MR) is 99.6 cm³/mol. The number of halogens is 1. The molecule has 144 valence electrons. The zero-order chi connectivity index (χ0) is 19.9. The van der Waals surface area contributed by atoms with Crippen molar-refractivity contribution in [2.45, 2.75) is 19.3 Å². The molecule has 2 fully saturated rings. The Morgan fingerprint density at radius 3 is 2.36 bits per heavy atom. The third-order valence-electron chi connectivity index (χ3n) is 6.09. The molecule has 2 atom stereocenters. The average molecular weight is 381 g/mol. The molecule has 2 aromatic carbocycles. The van der Waals surface area contributed by atoms with Crippen molar-refractivity contribution >= 4 is 17.7 Å². The van der Waals surface area contributed by atoms with Crippen molar-refractivity contribution < 1.29 is 23.9 Å². The number of hydrogen-bond acceptors (Lipinski definition) is 3. The Balaban J connectivity index is 1.64. The number of carboxylic acids is 1. The van der Waals surface area contributed by atoms with Gasteiger partial charge >= 0.3 is 5.97 Å². The molecule has 0 unspecified atom stereocenters. The summed E-state index contributed by atoms with van der Waals surface area (Å²) in [4.78, 5) is 39.5. The molecule has 2 aliphatic rings. The van der Waals surface area contributed by atoms with Crippen LogP contribution in [-0.2, 0) is 4.79 Å². The van der Waals surface area contributed by atoms with Gasteiger partial charge in [-0.25, -0.2) is 4.39 Å². The fourth-order valence-electron chi connectivity index (χ4n) is 4.59. The summed E-state index contributed by atoms with van der Waals surface area (Å²) in [5.74, 6) is -2.03. The summed E-state index contributed by atoms with van der Waals surface area (Å²) < 4.78 is 13.2. The number of carbonyl (C=O) groups excluding carboxylic acids is 2. The molecule has 2 aromatic rings. The summed E-state index contributed by atoms with van der Waals surface area (Å²) in [7, 11) is 0. The summed E-state index contributed by atoms with van der Waals surface area (Å²) in [5.41, 5.74) is -0.0919. The van der Waals surface area contributed by atoms with Gasteiger partial charge < -0.3 is 10.0 Å². The molecule has 6 heteroatoms. The maximum atomic E-state index is 13.2. The SMILES string of the molecule is O=C(c1ccc(F)cc1)c1ccccc1C(=O)N1C[C@@H]2CCC[C@@]2(C(=O)O)C1. The van der Waals surface area contributed by atoms with Crippen molar-refractivity contribution in [3.05, 3.63) is 71.0 Å². The lowest BCUT2D eigenvalue weighted by molar-refractivity contribution is -0.149. The first-order chi connectivity index (χ1) is 13.4. The normalized spacial score (nSPS) is 23.5. The van der Waals surface area contributed by atoms with Crippen molar-refractivity contribution in [2.75, 3.05) is 13.1 Å². The van der Waals surface area contributed by atoms with Gasteiger partial charge in [0.1, 0.15) is 5.82 Å². The summed E-state index contributed by atoms with van der Waals surface area (Å²) in [5, 5.41) is 9.74. The van der Waals surface area contributed by atoms with E-state index in [1.165, 1.54) is 24.3 Å². The van der Waals surface area contributed by atoms with E-state index in [0.717, 1.165) is 12.8 Å². The van der Waals surface area contributed by atoms with Crippen LogP contribution in [0, 0.1) is 17.2 Å². The number of fused-ring (bicyclic) bond motifs is 1. The van der Waals surface area contributed by atoms with Crippen molar-refractivity contribution in [2.24, 2.45) is 11.3 Å². The minimum Gasteiger partial charge on any atom is -0.481 e. The predicted octanol–water partition coefficient (Wildman–Crippen LogP) is 3.38. The number of carboxylic acid groups (broad SMARTS) is 1. The number of aliphatic carboxylic acids is 1. The van der Waals surface area contributed by atoms with E-state index in [-0.39, 0.29) is 35.3 Å². The standard InChI is InChI=1S/C22H20FNO4/c23-16-9-7-14(8-10-16)19(25)17-5-1-2-6-18(17)20(26)24-12-15-4-3-11-22(15,13-24)21(27)28/h1-2,5-10,15H,3-4,11-13H2,(H,27,28)/t15-,22+/m0/s1. The largest absolute Gasteiger partial charge is 0.481 e. The Kier molecular flexibility index (Phi) is 4.49. The van der Waals surface area contributed by atoms with Crippen molar-refractivity contribution in [3.63, 3.8) is 0 Å². The number of carbonyl (C=O) groups is 3. The van der Waals surface area contributed by atoms with E-state index in [9.17, 15) is 23.9 Å². The third kappa shape index (κ3) is 2.89. The van der Waals surface area contributed by atoms with Crippen molar-refractivity contribution in [1.82, 2.24) is 4.90 Å². The fourth-order valence-corrected chi connectivity index (χ4v) is 4.59. The van der Waals surface area contributed by atoms with Crippen LogP contribution in [0.25, 0.3) is 0 Å². The molecule has 1 saturated heterocycles. The van der Waals surface area contributed by atoms with Crippen LogP contribution in [-0.4, -0.2) is 40.8 Å². The highest BCUT2D eigenvalue weighted by atomic mass is 19.1. The first-order valence-corrected chi connectivity index (χ1v) is 9.34. The highest BCUT2D eigenvalue weighted by Gasteiger charge is 2.55. The maximum absolute atomic E-state index is 13.2. The molecule has 5 nitrogen and oxygen atoms in total.